The van der Waals surface area contributed by atoms with Gasteiger partial charge in [0.2, 0.25) is 10.0 Å². The van der Waals surface area contributed by atoms with Crippen LogP contribution in [-0.4, -0.2) is 20.5 Å². The van der Waals surface area contributed by atoms with Crippen molar-refractivity contribution < 1.29 is 8.42 Å². The molecule has 0 aromatic heterocycles. The second kappa shape index (κ2) is 4.55. The van der Waals surface area contributed by atoms with Crippen LogP contribution in [0.25, 0.3) is 0 Å². The van der Waals surface area contributed by atoms with Crippen LogP contribution in [0, 0.1) is 5.41 Å². The van der Waals surface area contributed by atoms with Crippen LogP contribution in [0.1, 0.15) is 37.8 Å². The molecule has 1 fully saturated rings. The highest BCUT2D eigenvalue weighted by molar-refractivity contribution is 7.89. The molecule has 1 aromatic rings. The Morgan fingerprint density at radius 1 is 1.25 bits per heavy atom. The summed E-state index contributed by atoms with van der Waals surface area (Å²) in [6.07, 6.45) is 3.88. The molecule has 20 heavy (non-hydrogen) atoms. The quantitative estimate of drug-likeness (QED) is 0.889. The average Bonchev–Trinajstić information content (AvgIpc) is 2.85. The number of hydrogen-bond acceptors (Lipinski definition) is 3. The number of rotatable bonds is 3. The van der Waals surface area contributed by atoms with Gasteiger partial charge in [-0.05, 0) is 54.4 Å². The van der Waals surface area contributed by atoms with E-state index < -0.39 is 10.0 Å². The van der Waals surface area contributed by atoms with E-state index in [0.29, 0.717) is 11.3 Å². The minimum Gasteiger partial charge on any atom is -0.327 e. The monoisotopic (exact) mass is 294 g/mol. The molecule has 0 saturated heterocycles. The van der Waals surface area contributed by atoms with Crippen molar-refractivity contribution in [2.75, 3.05) is 0 Å². The maximum Gasteiger partial charge on any atom is 0.240 e. The number of benzene rings is 1. The Bertz CT molecular complexity index is 637. The summed E-state index contributed by atoms with van der Waals surface area (Å²) in [4.78, 5) is 0.384. The first-order valence-corrected chi connectivity index (χ1v) is 8.69. The average molecular weight is 294 g/mol. The van der Waals surface area contributed by atoms with Crippen molar-refractivity contribution >= 4 is 10.0 Å². The van der Waals surface area contributed by atoms with Crippen molar-refractivity contribution in [3.63, 3.8) is 0 Å². The SMILES string of the molecule is CC1(C)C(N)CC1NS(=O)(=O)c1ccc2c(c1)CCC2. The molecule has 2 unspecified atom stereocenters. The predicted molar refractivity (Wildman–Crippen MR) is 78.9 cm³/mol. The Morgan fingerprint density at radius 3 is 2.60 bits per heavy atom. The smallest absolute Gasteiger partial charge is 0.240 e. The molecule has 0 spiro atoms. The second-order valence-corrected chi connectivity index (χ2v) is 8.34. The van der Waals surface area contributed by atoms with E-state index in [4.69, 9.17) is 5.73 Å². The molecule has 0 heterocycles. The summed E-state index contributed by atoms with van der Waals surface area (Å²) in [6.45, 7) is 4.02. The predicted octanol–water partition coefficient (Wildman–Crippen LogP) is 1.58. The van der Waals surface area contributed by atoms with Crippen LogP contribution in [-0.2, 0) is 22.9 Å². The largest absolute Gasteiger partial charge is 0.327 e. The van der Waals surface area contributed by atoms with Gasteiger partial charge in [-0.25, -0.2) is 13.1 Å². The topological polar surface area (TPSA) is 72.2 Å². The summed E-state index contributed by atoms with van der Waals surface area (Å²) in [5.41, 5.74) is 8.23. The van der Waals surface area contributed by atoms with Crippen molar-refractivity contribution in [2.45, 2.75) is 56.5 Å². The molecule has 3 N–H and O–H groups in total. The normalized spacial score (nSPS) is 27.9. The van der Waals surface area contributed by atoms with Crippen LogP contribution in [0.15, 0.2) is 23.1 Å². The Balaban J connectivity index is 1.82. The van der Waals surface area contributed by atoms with Crippen LogP contribution in [0.4, 0.5) is 0 Å². The fraction of sp³-hybridized carbons (Fsp3) is 0.600. The molecule has 4 nitrogen and oxygen atoms in total. The minimum atomic E-state index is -3.44. The van der Waals surface area contributed by atoms with Gasteiger partial charge in [-0.2, -0.15) is 0 Å². The zero-order chi connectivity index (χ0) is 14.5. The fourth-order valence-electron chi connectivity index (χ4n) is 3.13. The lowest BCUT2D eigenvalue weighted by Crippen LogP contribution is -2.64. The highest BCUT2D eigenvalue weighted by Crippen LogP contribution is 2.39. The Kier molecular flexibility index (Phi) is 3.19. The fourth-order valence-corrected chi connectivity index (χ4v) is 4.59. The molecule has 2 atom stereocenters. The molecule has 1 aromatic carbocycles. The van der Waals surface area contributed by atoms with Gasteiger partial charge in [0.1, 0.15) is 0 Å². The minimum absolute atomic E-state index is 0.0650. The molecule has 0 aliphatic heterocycles. The number of hydrogen-bond donors (Lipinski definition) is 2. The van der Waals surface area contributed by atoms with Gasteiger partial charge >= 0.3 is 0 Å². The number of nitrogens with one attached hydrogen (secondary N) is 1. The number of nitrogens with two attached hydrogens (primary N) is 1. The molecular formula is C15H22N2O2S. The van der Waals surface area contributed by atoms with Gasteiger partial charge in [-0.1, -0.05) is 19.9 Å². The maximum absolute atomic E-state index is 12.5. The van der Waals surface area contributed by atoms with Gasteiger partial charge in [0.25, 0.3) is 0 Å². The third-order valence-electron chi connectivity index (χ3n) is 5.02. The Labute approximate surface area is 120 Å². The molecule has 0 bridgehead atoms. The van der Waals surface area contributed by atoms with E-state index >= 15 is 0 Å². The van der Waals surface area contributed by atoms with Crippen molar-refractivity contribution in [3.8, 4) is 0 Å². The van der Waals surface area contributed by atoms with Gasteiger partial charge in [0, 0.05) is 12.1 Å². The van der Waals surface area contributed by atoms with Crippen LogP contribution >= 0.6 is 0 Å². The van der Waals surface area contributed by atoms with Crippen LogP contribution in [0.2, 0.25) is 0 Å². The number of aryl methyl sites for hydroxylation is 2. The standard InChI is InChI=1S/C15H22N2O2S/c1-15(2)13(16)9-14(15)17-20(18,19)12-7-6-10-4-3-5-11(10)8-12/h6-8,13-14,17H,3-5,9,16H2,1-2H3. The van der Waals surface area contributed by atoms with Crippen molar-refractivity contribution in [1.82, 2.24) is 4.72 Å². The lowest BCUT2D eigenvalue weighted by Gasteiger charge is -2.50. The lowest BCUT2D eigenvalue weighted by atomic mass is 9.64. The first-order valence-electron chi connectivity index (χ1n) is 7.20. The summed E-state index contributed by atoms with van der Waals surface area (Å²) in [6, 6.07) is 5.49. The van der Waals surface area contributed by atoms with E-state index in [-0.39, 0.29) is 17.5 Å². The van der Waals surface area contributed by atoms with E-state index in [9.17, 15) is 8.42 Å². The summed E-state index contributed by atoms with van der Waals surface area (Å²) >= 11 is 0. The molecule has 5 heteroatoms. The van der Waals surface area contributed by atoms with Crippen LogP contribution in [0.5, 0.6) is 0 Å². The first kappa shape index (κ1) is 14.0. The zero-order valence-corrected chi connectivity index (χ0v) is 12.8. The highest BCUT2D eigenvalue weighted by atomic mass is 32.2. The zero-order valence-electron chi connectivity index (χ0n) is 12.0. The molecule has 0 radical (unpaired) electrons. The Hall–Kier alpha value is -0.910. The van der Waals surface area contributed by atoms with E-state index in [0.717, 1.165) is 19.3 Å². The molecule has 3 rings (SSSR count). The van der Waals surface area contributed by atoms with Gasteiger partial charge in [0.05, 0.1) is 4.90 Å². The molecule has 110 valence electrons. The van der Waals surface area contributed by atoms with Crippen LogP contribution < -0.4 is 10.5 Å². The summed E-state index contributed by atoms with van der Waals surface area (Å²) in [5.74, 6) is 0. The molecule has 1 saturated carbocycles. The summed E-state index contributed by atoms with van der Waals surface area (Å²) < 4.78 is 27.8. The summed E-state index contributed by atoms with van der Waals surface area (Å²) in [7, 11) is -3.44. The highest BCUT2D eigenvalue weighted by Gasteiger charge is 2.47. The van der Waals surface area contributed by atoms with E-state index in [1.54, 1.807) is 6.07 Å². The first-order chi connectivity index (χ1) is 9.30. The van der Waals surface area contributed by atoms with Crippen molar-refractivity contribution in [3.05, 3.63) is 29.3 Å². The third-order valence-corrected chi connectivity index (χ3v) is 6.49. The molecule has 2 aliphatic rings. The number of fused-ring (bicyclic) bond motifs is 1. The lowest BCUT2D eigenvalue weighted by molar-refractivity contribution is 0.0903. The molecule has 0 amide bonds. The molecule has 2 aliphatic carbocycles. The third kappa shape index (κ3) is 2.18. The van der Waals surface area contributed by atoms with Gasteiger partial charge < -0.3 is 5.73 Å². The maximum atomic E-state index is 12.5. The van der Waals surface area contributed by atoms with Gasteiger partial charge in [0.15, 0.2) is 0 Å². The molecular weight excluding hydrogens is 272 g/mol. The van der Waals surface area contributed by atoms with Crippen molar-refractivity contribution in [2.24, 2.45) is 11.1 Å². The number of sulfonamides is 1. The van der Waals surface area contributed by atoms with E-state index in [1.165, 1.54) is 11.1 Å². The summed E-state index contributed by atoms with van der Waals surface area (Å²) in [5, 5.41) is 0. The Morgan fingerprint density at radius 2 is 1.95 bits per heavy atom. The van der Waals surface area contributed by atoms with E-state index in [1.807, 2.05) is 26.0 Å². The van der Waals surface area contributed by atoms with Gasteiger partial charge in [-0.15, -0.1) is 0 Å². The van der Waals surface area contributed by atoms with Gasteiger partial charge in [-0.3, -0.25) is 0 Å². The van der Waals surface area contributed by atoms with E-state index in [2.05, 4.69) is 4.72 Å². The van der Waals surface area contributed by atoms with Crippen LogP contribution in [0.3, 0.4) is 0 Å². The second-order valence-electron chi connectivity index (χ2n) is 6.62. The van der Waals surface area contributed by atoms with Crippen molar-refractivity contribution in [1.29, 1.82) is 0 Å².